The van der Waals surface area contributed by atoms with Crippen molar-refractivity contribution in [3.05, 3.63) is 35.9 Å². The van der Waals surface area contributed by atoms with Gasteiger partial charge in [-0.3, -0.25) is 10.2 Å². The zero-order valence-corrected chi connectivity index (χ0v) is 11.4. The lowest BCUT2D eigenvalue weighted by Crippen LogP contribution is -2.51. The molecule has 1 unspecified atom stereocenters. The molecule has 1 aromatic carbocycles. The number of carboxylic acids is 1. The lowest BCUT2D eigenvalue weighted by Gasteiger charge is -2.26. The minimum atomic E-state index is -1.08. The topological polar surface area (TPSA) is 69.6 Å². The van der Waals surface area contributed by atoms with Gasteiger partial charge in [0.2, 0.25) is 6.41 Å². The molecular weight excluding hydrogens is 264 g/mol. The van der Waals surface area contributed by atoms with Crippen LogP contribution >= 0.6 is 12.2 Å². The number of carbonyl (C=O) groups excluding carboxylic acids is 1. The molecule has 2 N–H and O–H groups in total. The maximum Gasteiger partial charge on any atom is 0.328 e. The van der Waals surface area contributed by atoms with Gasteiger partial charge in [0.15, 0.2) is 6.04 Å². The molecule has 0 heterocycles. The first-order chi connectivity index (χ1) is 9.08. The van der Waals surface area contributed by atoms with E-state index in [0.29, 0.717) is 17.8 Å². The van der Waals surface area contributed by atoms with Crippen LogP contribution in [0.1, 0.15) is 18.9 Å². The van der Waals surface area contributed by atoms with Crippen LogP contribution in [0.4, 0.5) is 0 Å². The second-order valence-corrected chi connectivity index (χ2v) is 4.44. The molecule has 1 rings (SSSR count). The number of hydrogen-bond acceptors (Lipinski definition) is 3. The third kappa shape index (κ3) is 4.67. The summed E-state index contributed by atoms with van der Waals surface area (Å²) in [4.78, 5) is 22.7. The van der Waals surface area contributed by atoms with Crippen molar-refractivity contribution in [3.8, 4) is 0 Å². The summed E-state index contributed by atoms with van der Waals surface area (Å²) in [5, 5.41) is 10.2. The van der Waals surface area contributed by atoms with Crippen molar-refractivity contribution in [2.75, 3.05) is 0 Å². The lowest BCUT2D eigenvalue weighted by molar-refractivity contribution is -0.147. The highest BCUT2D eigenvalue weighted by molar-refractivity contribution is 7.80. The summed E-state index contributed by atoms with van der Waals surface area (Å²) >= 11 is 4.96. The van der Waals surface area contributed by atoms with E-state index in [1.165, 1.54) is 0 Å². The summed E-state index contributed by atoms with van der Waals surface area (Å²) in [6.07, 6.45) is 1.20. The van der Waals surface area contributed by atoms with E-state index in [1.807, 2.05) is 37.3 Å². The molecule has 0 aliphatic heterocycles. The highest BCUT2D eigenvalue weighted by Gasteiger charge is 2.25. The average molecular weight is 280 g/mol. The van der Waals surface area contributed by atoms with E-state index in [-0.39, 0.29) is 6.42 Å². The predicted octanol–water partition coefficient (Wildman–Crippen LogP) is 1.38. The van der Waals surface area contributed by atoms with Gasteiger partial charge in [0.25, 0.3) is 0 Å². The number of thiocarbonyl (C=S) groups is 1. The third-order valence-corrected chi connectivity index (χ3v) is 2.96. The Kier molecular flexibility index (Phi) is 5.95. The highest BCUT2D eigenvalue weighted by atomic mass is 32.1. The van der Waals surface area contributed by atoms with Crippen molar-refractivity contribution in [2.45, 2.75) is 25.8 Å². The Labute approximate surface area is 117 Å². The largest absolute Gasteiger partial charge is 0.480 e. The molecule has 0 spiro atoms. The molecule has 0 aromatic heterocycles. The summed E-state index contributed by atoms with van der Waals surface area (Å²) in [6.45, 7) is 1.82. The van der Waals surface area contributed by atoms with Crippen molar-refractivity contribution < 1.29 is 14.7 Å². The van der Waals surface area contributed by atoms with E-state index < -0.39 is 12.0 Å². The summed E-state index contributed by atoms with van der Waals surface area (Å²) < 4.78 is 0. The Balaban J connectivity index is 2.83. The Hall–Kier alpha value is -1.95. The van der Waals surface area contributed by atoms with Gasteiger partial charge < -0.3 is 5.11 Å². The molecule has 102 valence electrons. The van der Waals surface area contributed by atoms with Crippen LogP contribution in [0.2, 0.25) is 0 Å². The van der Waals surface area contributed by atoms with Crippen LogP contribution in [-0.4, -0.2) is 33.5 Å². The molecule has 0 bridgehead atoms. The molecule has 0 saturated carbocycles. The molecule has 19 heavy (non-hydrogen) atoms. The SMILES string of the molecule is CCC(=S)NN(C=O)C(Cc1ccccc1)C(=O)O. The Morgan fingerprint density at radius 1 is 1.47 bits per heavy atom. The quantitative estimate of drug-likeness (QED) is 0.448. The number of carbonyl (C=O) groups is 2. The molecule has 6 heteroatoms. The van der Waals surface area contributed by atoms with Crippen molar-refractivity contribution in [2.24, 2.45) is 0 Å². The van der Waals surface area contributed by atoms with E-state index in [1.54, 1.807) is 0 Å². The third-order valence-electron chi connectivity index (χ3n) is 2.58. The highest BCUT2D eigenvalue weighted by Crippen LogP contribution is 2.07. The number of hydrogen-bond donors (Lipinski definition) is 2. The summed E-state index contributed by atoms with van der Waals surface area (Å²) in [6, 6.07) is 8.13. The van der Waals surface area contributed by atoms with Gasteiger partial charge in [-0.25, -0.2) is 9.80 Å². The number of amides is 1. The maximum absolute atomic E-state index is 11.3. The molecule has 1 aromatic rings. The Morgan fingerprint density at radius 2 is 2.11 bits per heavy atom. The number of benzene rings is 1. The van der Waals surface area contributed by atoms with Crippen LogP contribution in [0.25, 0.3) is 0 Å². The second-order valence-electron chi connectivity index (χ2n) is 3.94. The van der Waals surface area contributed by atoms with Crippen molar-refractivity contribution >= 4 is 29.6 Å². The second kappa shape index (κ2) is 7.48. The lowest BCUT2D eigenvalue weighted by atomic mass is 10.1. The summed E-state index contributed by atoms with van der Waals surface area (Å²) in [5.74, 6) is -1.08. The standard InChI is InChI=1S/C13H16N2O3S/c1-2-12(19)14-15(9-16)11(13(17)18)8-10-6-4-3-5-7-10/h3-7,9,11H,2,8H2,1H3,(H,14,19)(H,17,18). The van der Waals surface area contributed by atoms with E-state index in [2.05, 4.69) is 5.43 Å². The molecule has 0 aliphatic rings. The first-order valence-corrected chi connectivity index (χ1v) is 6.29. The van der Waals surface area contributed by atoms with Crippen LogP contribution in [0.15, 0.2) is 30.3 Å². The number of aliphatic carboxylic acids is 1. The zero-order valence-electron chi connectivity index (χ0n) is 10.6. The van der Waals surface area contributed by atoms with Gasteiger partial charge in [-0.05, 0) is 12.0 Å². The fourth-order valence-corrected chi connectivity index (χ4v) is 1.65. The predicted molar refractivity (Wildman–Crippen MR) is 75.5 cm³/mol. The number of carboxylic acid groups (broad SMARTS) is 1. The molecule has 0 radical (unpaired) electrons. The summed E-state index contributed by atoms with van der Waals surface area (Å²) in [5.41, 5.74) is 3.47. The minimum absolute atomic E-state index is 0.217. The van der Waals surface area contributed by atoms with E-state index in [0.717, 1.165) is 10.6 Å². The maximum atomic E-state index is 11.3. The van der Waals surface area contributed by atoms with Crippen LogP contribution in [0.3, 0.4) is 0 Å². The number of rotatable bonds is 7. The Morgan fingerprint density at radius 3 is 2.58 bits per heavy atom. The first kappa shape index (κ1) is 15.1. The van der Waals surface area contributed by atoms with Crippen molar-refractivity contribution in [1.29, 1.82) is 0 Å². The monoisotopic (exact) mass is 280 g/mol. The van der Waals surface area contributed by atoms with Gasteiger partial charge in [0.05, 0.1) is 4.99 Å². The summed E-state index contributed by atoms with van der Waals surface area (Å²) in [7, 11) is 0. The molecule has 0 fully saturated rings. The fraction of sp³-hybridized carbons (Fsp3) is 0.308. The van der Waals surface area contributed by atoms with Gasteiger partial charge in [-0.1, -0.05) is 49.5 Å². The first-order valence-electron chi connectivity index (χ1n) is 5.88. The van der Waals surface area contributed by atoms with Crippen molar-refractivity contribution in [3.63, 3.8) is 0 Å². The smallest absolute Gasteiger partial charge is 0.328 e. The van der Waals surface area contributed by atoms with Crippen LogP contribution < -0.4 is 5.43 Å². The van der Waals surface area contributed by atoms with E-state index >= 15 is 0 Å². The van der Waals surface area contributed by atoms with Crippen LogP contribution in [0, 0.1) is 0 Å². The van der Waals surface area contributed by atoms with Crippen LogP contribution in [0.5, 0.6) is 0 Å². The van der Waals surface area contributed by atoms with Gasteiger partial charge in [0, 0.05) is 6.42 Å². The minimum Gasteiger partial charge on any atom is -0.480 e. The fourth-order valence-electron chi connectivity index (χ4n) is 1.54. The zero-order chi connectivity index (χ0) is 14.3. The van der Waals surface area contributed by atoms with Crippen LogP contribution in [-0.2, 0) is 16.0 Å². The van der Waals surface area contributed by atoms with Crippen molar-refractivity contribution in [1.82, 2.24) is 10.4 Å². The molecule has 1 atom stereocenters. The number of nitrogens with one attached hydrogen (secondary N) is 1. The molecule has 1 amide bonds. The Bertz CT molecular complexity index is 450. The van der Waals surface area contributed by atoms with E-state index in [4.69, 9.17) is 12.2 Å². The normalized spacial score (nSPS) is 11.4. The molecule has 0 aliphatic carbocycles. The van der Waals surface area contributed by atoms with Gasteiger partial charge in [0.1, 0.15) is 0 Å². The molecular formula is C13H16N2O3S. The number of nitrogens with zero attached hydrogens (tertiary/aromatic N) is 1. The average Bonchev–Trinajstić information content (AvgIpc) is 2.43. The molecule has 0 saturated heterocycles. The van der Waals surface area contributed by atoms with Gasteiger partial charge >= 0.3 is 5.97 Å². The molecule has 5 nitrogen and oxygen atoms in total. The van der Waals surface area contributed by atoms with Gasteiger partial charge in [-0.15, -0.1) is 0 Å². The number of hydrazine groups is 1. The van der Waals surface area contributed by atoms with E-state index in [9.17, 15) is 14.7 Å². The van der Waals surface area contributed by atoms with Gasteiger partial charge in [-0.2, -0.15) is 0 Å².